The fourth-order valence-corrected chi connectivity index (χ4v) is 7.59. The van der Waals surface area contributed by atoms with Crippen LogP contribution in [0.15, 0.2) is 11.6 Å². The van der Waals surface area contributed by atoms with E-state index in [2.05, 4.69) is 18.8 Å². The number of aliphatic hydroxyl groups is 2. The minimum atomic E-state index is -0.908. The first kappa shape index (κ1) is 16.1. The normalized spacial score (nSPS) is 52.8. The van der Waals surface area contributed by atoms with E-state index in [0.29, 0.717) is 41.3 Å². The van der Waals surface area contributed by atoms with E-state index in [1.54, 1.807) is 0 Å². The molecule has 0 bridgehead atoms. The molecule has 134 valence electrons. The van der Waals surface area contributed by atoms with Crippen LogP contribution in [0.4, 0.5) is 0 Å². The van der Waals surface area contributed by atoms with Crippen molar-refractivity contribution in [1.82, 2.24) is 0 Å². The van der Waals surface area contributed by atoms with Crippen LogP contribution in [-0.2, 0) is 4.79 Å². The molecule has 0 aliphatic heterocycles. The van der Waals surface area contributed by atoms with Gasteiger partial charge in [0, 0.05) is 17.8 Å². The molecule has 0 aromatic heterocycles. The number of carbonyl (C=O) groups excluding carboxylic acids is 1. The fourth-order valence-electron chi connectivity index (χ4n) is 7.59. The van der Waals surface area contributed by atoms with Crippen LogP contribution in [0.1, 0.15) is 51.9 Å². The van der Waals surface area contributed by atoms with E-state index in [4.69, 9.17) is 5.11 Å². The molecule has 3 nitrogen and oxygen atoms in total. The van der Waals surface area contributed by atoms with Gasteiger partial charge >= 0.3 is 0 Å². The minimum Gasteiger partial charge on any atom is -0.384 e. The number of aliphatic hydroxyl groups excluding tert-OH is 1. The van der Waals surface area contributed by atoms with Crippen molar-refractivity contribution in [3.8, 4) is 11.8 Å². The number of allylic oxidation sites excluding steroid dienone is 1. The Morgan fingerprint density at radius 3 is 2.84 bits per heavy atom. The number of fused-ring (bicyclic) bond motifs is 7. The molecule has 0 saturated heterocycles. The largest absolute Gasteiger partial charge is 0.384 e. The molecular formula is C22H28O3. The summed E-state index contributed by atoms with van der Waals surface area (Å²) >= 11 is 0. The van der Waals surface area contributed by atoms with Gasteiger partial charge in [0.05, 0.1) is 0 Å². The van der Waals surface area contributed by atoms with Gasteiger partial charge in [-0.15, -0.1) is 0 Å². The van der Waals surface area contributed by atoms with Crippen molar-refractivity contribution >= 4 is 5.78 Å². The molecule has 25 heavy (non-hydrogen) atoms. The Kier molecular flexibility index (Phi) is 3.35. The van der Waals surface area contributed by atoms with E-state index in [-0.39, 0.29) is 12.0 Å². The van der Waals surface area contributed by atoms with Gasteiger partial charge in [0.2, 0.25) is 0 Å². The predicted octanol–water partition coefficient (Wildman–Crippen LogP) is 2.71. The van der Waals surface area contributed by atoms with Gasteiger partial charge in [-0.05, 0) is 74.2 Å². The van der Waals surface area contributed by atoms with Gasteiger partial charge in [0.25, 0.3) is 0 Å². The molecule has 0 aromatic rings. The van der Waals surface area contributed by atoms with Gasteiger partial charge in [-0.1, -0.05) is 24.3 Å². The Hall–Kier alpha value is -1.11. The van der Waals surface area contributed by atoms with Crippen molar-refractivity contribution < 1.29 is 15.0 Å². The molecule has 3 heteroatoms. The van der Waals surface area contributed by atoms with E-state index < -0.39 is 5.60 Å². The molecule has 0 radical (unpaired) electrons. The lowest BCUT2D eigenvalue weighted by Gasteiger charge is -2.56. The molecule has 4 fully saturated rings. The van der Waals surface area contributed by atoms with Gasteiger partial charge in [0.15, 0.2) is 5.78 Å². The number of ketones is 1. The molecule has 0 heterocycles. The van der Waals surface area contributed by atoms with Crippen molar-refractivity contribution in [2.24, 2.45) is 40.9 Å². The number of hydrogen-bond acceptors (Lipinski definition) is 3. The Bertz CT molecular complexity index is 713. The van der Waals surface area contributed by atoms with Gasteiger partial charge < -0.3 is 10.2 Å². The highest BCUT2D eigenvalue weighted by Gasteiger charge is 2.75. The molecular weight excluding hydrogens is 312 g/mol. The molecule has 5 aliphatic rings. The standard InChI is InChI=1S/C22H28O3/c1-21-9-7-16-15-6-4-14(24)11-13(15)3-5-17(16)20(21)18-12-19(18)22(21,25)8-2-10-23/h11,15-20,23,25H,3-7,9-10,12H2,1H3/t15-,16+,17+,18+,19-,20+,21-,22-/m0/s1. The maximum atomic E-state index is 11.8. The van der Waals surface area contributed by atoms with Crippen LogP contribution in [0, 0.1) is 52.8 Å². The molecule has 5 rings (SSSR count). The summed E-state index contributed by atoms with van der Waals surface area (Å²) in [6.45, 7) is 2.10. The van der Waals surface area contributed by atoms with Crippen LogP contribution in [0.3, 0.4) is 0 Å². The molecule has 0 aromatic carbocycles. The summed E-state index contributed by atoms with van der Waals surface area (Å²) in [5.74, 6) is 9.66. The van der Waals surface area contributed by atoms with Gasteiger partial charge in [-0.3, -0.25) is 4.79 Å². The summed E-state index contributed by atoms with van der Waals surface area (Å²) in [6.07, 6.45) is 9.24. The van der Waals surface area contributed by atoms with Crippen molar-refractivity contribution in [2.45, 2.75) is 57.5 Å². The van der Waals surface area contributed by atoms with Crippen LogP contribution >= 0.6 is 0 Å². The first-order valence-corrected chi connectivity index (χ1v) is 10.1. The third-order valence-corrected chi connectivity index (χ3v) is 8.62. The van der Waals surface area contributed by atoms with E-state index >= 15 is 0 Å². The predicted molar refractivity (Wildman–Crippen MR) is 94.3 cm³/mol. The zero-order valence-electron chi connectivity index (χ0n) is 15.0. The van der Waals surface area contributed by atoms with Crippen molar-refractivity contribution in [3.05, 3.63) is 11.6 Å². The van der Waals surface area contributed by atoms with E-state index in [1.165, 1.54) is 12.0 Å². The highest BCUT2D eigenvalue weighted by molar-refractivity contribution is 5.91. The van der Waals surface area contributed by atoms with Gasteiger partial charge in [-0.25, -0.2) is 0 Å². The number of hydrogen-bond donors (Lipinski definition) is 2. The molecule has 5 aliphatic carbocycles. The summed E-state index contributed by atoms with van der Waals surface area (Å²) in [4.78, 5) is 11.8. The second kappa shape index (κ2) is 5.21. The zero-order valence-corrected chi connectivity index (χ0v) is 15.0. The van der Waals surface area contributed by atoms with Gasteiger partial charge in [-0.2, -0.15) is 0 Å². The van der Waals surface area contributed by atoms with Crippen LogP contribution in [0.25, 0.3) is 0 Å². The summed E-state index contributed by atoms with van der Waals surface area (Å²) in [6, 6.07) is 0. The average molecular weight is 340 g/mol. The van der Waals surface area contributed by atoms with E-state index in [1.807, 2.05) is 6.08 Å². The maximum absolute atomic E-state index is 11.8. The lowest BCUT2D eigenvalue weighted by atomic mass is 9.49. The fraction of sp³-hybridized carbons (Fsp3) is 0.773. The number of rotatable bonds is 0. The van der Waals surface area contributed by atoms with Crippen molar-refractivity contribution in [1.29, 1.82) is 0 Å². The summed E-state index contributed by atoms with van der Waals surface area (Å²) in [5.41, 5.74) is 0.381. The lowest BCUT2D eigenvalue weighted by Crippen LogP contribution is -2.54. The Morgan fingerprint density at radius 1 is 1.20 bits per heavy atom. The Labute approximate surface area is 149 Å². The molecule has 2 N–H and O–H groups in total. The smallest absolute Gasteiger partial charge is 0.155 e. The molecule has 8 atom stereocenters. The Balaban J connectivity index is 1.49. The second-order valence-corrected chi connectivity index (χ2v) is 9.41. The van der Waals surface area contributed by atoms with Crippen molar-refractivity contribution in [2.75, 3.05) is 6.61 Å². The van der Waals surface area contributed by atoms with Crippen LogP contribution in [-0.4, -0.2) is 28.2 Å². The maximum Gasteiger partial charge on any atom is 0.155 e. The first-order valence-electron chi connectivity index (χ1n) is 10.1. The summed E-state index contributed by atoms with van der Waals surface area (Å²) < 4.78 is 0. The third kappa shape index (κ3) is 1.99. The van der Waals surface area contributed by atoms with E-state index in [9.17, 15) is 9.90 Å². The molecule has 0 unspecified atom stereocenters. The summed E-state index contributed by atoms with van der Waals surface area (Å²) in [5, 5.41) is 20.6. The topological polar surface area (TPSA) is 57.5 Å². The monoisotopic (exact) mass is 340 g/mol. The zero-order chi connectivity index (χ0) is 17.4. The SMILES string of the molecule is C[C@]12CC[C@H]3[C@@H](CCC4=CC(=O)CC[C@@H]43)[C@@H]1[C@@H]1C[C@@H]1[C@@]2(O)C#CCO. The third-order valence-electron chi connectivity index (χ3n) is 8.62. The quantitative estimate of drug-likeness (QED) is 0.667. The molecule has 0 spiro atoms. The van der Waals surface area contributed by atoms with Crippen LogP contribution in [0.5, 0.6) is 0 Å². The highest BCUT2D eigenvalue weighted by atomic mass is 16.3. The first-order chi connectivity index (χ1) is 12.0. The van der Waals surface area contributed by atoms with Gasteiger partial charge in [0.1, 0.15) is 12.2 Å². The van der Waals surface area contributed by atoms with E-state index in [0.717, 1.165) is 38.5 Å². The Morgan fingerprint density at radius 2 is 2.04 bits per heavy atom. The second-order valence-electron chi connectivity index (χ2n) is 9.41. The average Bonchev–Trinajstić information content (AvgIpc) is 3.36. The number of carbonyl (C=O) groups is 1. The lowest BCUT2D eigenvalue weighted by molar-refractivity contribution is -0.118. The molecule has 4 saturated carbocycles. The molecule has 0 amide bonds. The summed E-state index contributed by atoms with van der Waals surface area (Å²) in [7, 11) is 0. The van der Waals surface area contributed by atoms with Crippen LogP contribution in [0.2, 0.25) is 0 Å². The highest BCUT2D eigenvalue weighted by Crippen LogP contribution is 2.75. The van der Waals surface area contributed by atoms with Crippen LogP contribution < -0.4 is 0 Å². The van der Waals surface area contributed by atoms with Crippen molar-refractivity contribution in [3.63, 3.8) is 0 Å². The minimum absolute atomic E-state index is 0.129.